The van der Waals surface area contributed by atoms with Crippen LogP contribution in [0.4, 0.5) is 0 Å². The van der Waals surface area contributed by atoms with Gasteiger partial charge in [-0.3, -0.25) is 4.79 Å². The van der Waals surface area contributed by atoms with Crippen molar-refractivity contribution in [2.75, 3.05) is 19.4 Å². The van der Waals surface area contributed by atoms with Gasteiger partial charge in [-0.1, -0.05) is 6.42 Å². The van der Waals surface area contributed by atoms with Crippen LogP contribution in [0.3, 0.4) is 0 Å². The van der Waals surface area contributed by atoms with E-state index in [4.69, 9.17) is 0 Å². The highest BCUT2D eigenvalue weighted by Crippen LogP contribution is 2.24. The monoisotopic (exact) mass is 265 g/mol. The zero-order valence-corrected chi connectivity index (χ0v) is 10.7. The third kappa shape index (κ3) is 5.01. The number of hydrogen-bond donors (Lipinski definition) is 2. The van der Waals surface area contributed by atoms with Crippen LogP contribution in [0.2, 0.25) is 0 Å². The van der Waals surface area contributed by atoms with E-state index in [9.17, 15) is 18.3 Å². The summed E-state index contributed by atoms with van der Waals surface area (Å²) in [6.45, 7) is 0.241. The Labute approximate surface area is 101 Å². The van der Waals surface area contributed by atoms with Gasteiger partial charge in [0.2, 0.25) is 10.0 Å². The van der Waals surface area contributed by atoms with Crippen LogP contribution in [-0.4, -0.2) is 45.0 Å². The maximum Gasteiger partial charge on any atom is 0.306 e. The summed E-state index contributed by atoms with van der Waals surface area (Å²) in [5, 5.41) is 9.53. The second-order valence-corrected chi connectivity index (χ2v) is 6.18. The van der Waals surface area contributed by atoms with Crippen LogP contribution in [-0.2, 0) is 19.6 Å². The predicted molar refractivity (Wildman–Crippen MR) is 61.8 cm³/mol. The molecule has 1 saturated carbocycles. The molecule has 7 heteroatoms. The zero-order valence-electron chi connectivity index (χ0n) is 9.89. The molecule has 17 heavy (non-hydrogen) atoms. The summed E-state index contributed by atoms with van der Waals surface area (Å²) in [4.78, 5) is 10.8. The van der Waals surface area contributed by atoms with Crippen molar-refractivity contribution in [1.82, 2.24) is 4.72 Å². The van der Waals surface area contributed by atoms with E-state index in [1.165, 1.54) is 7.11 Å². The van der Waals surface area contributed by atoms with E-state index in [2.05, 4.69) is 9.46 Å². The Balaban J connectivity index is 2.31. The van der Waals surface area contributed by atoms with Crippen molar-refractivity contribution in [2.45, 2.75) is 31.8 Å². The normalized spacial score (nSPS) is 24.8. The second kappa shape index (κ2) is 6.32. The highest BCUT2D eigenvalue weighted by molar-refractivity contribution is 7.89. The number of esters is 1. The molecule has 2 N–H and O–H groups in total. The first-order chi connectivity index (χ1) is 7.94. The number of aliphatic hydroxyl groups excluding tert-OH is 1. The summed E-state index contributed by atoms with van der Waals surface area (Å²) in [6.07, 6.45) is 1.92. The summed E-state index contributed by atoms with van der Waals surface area (Å²) in [5.41, 5.74) is 0. The molecule has 0 heterocycles. The third-order valence-corrected chi connectivity index (χ3v) is 4.34. The van der Waals surface area contributed by atoms with Crippen LogP contribution >= 0.6 is 0 Å². The van der Waals surface area contributed by atoms with Gasteiger partial charge >= 0.3 is 5.97 Å². The molecule has 100 valence electrons. The third-order valence-electron chi connectivity index (χ3n) is 2.99. The van der Waals surface area contributed by atoms with Crippen LogP contribution in [0.25, 0.3) is 0 Å². The molecule has 6 nitrogen and oxygen atoms in total. The quantitative estimate of drug-likeness (QED) is 0.639. The molecule has 0 spiro atoms. The SMILES string of the molecule is COC(=O)CCS(=O)(=O)NCC1CCCC1O. The van der Waals surface area contributed by atoms with Crippen LogP contribution in [0, 0.1) is 5.92 Å². The molecule has 0 bridgehead atoms. The molecule has 1 aliphatic rings. The number of carbonyl (C=O) groups excluding carboxylic acids is 1. The van der Waals surface area contributed by atoms with Crippen molar-refractivity contribution in [3.63, 3.8) is 0 Å². The van der Waals surface area contributed by atoms with Gasteiger partial charge in [-0.15, -0.1) is 0 Å². The second-order valence-electron chi connectivity index (χ2n) is 4.25. The van der Waals surface area contributed by atoms with Gasteiger partial charge in [0.1, 0.15) is 0 Å². The fourth-order valence-electron chi connectivity index (χ4n) is 1.88. The van der Waals surface area contributed by atoms with Crippen LogP contribution in [0.1, 0.15) is 25.7 Å². The van der Waals surface area contributed by atoms with E-state index in [0.717, 1.165) is 19.3 Å². The maximum absolute atomic E-state index is 11.5. The minimum Gasteiger partial charge on any atom is -0.469 e. The van der Waals surface area contributed by atoms with Crippen LogP contribution < -0.4 is 4.72 Å². The summed E-state index contributed by atoms with van der Waals surface area (Å²) in [6, 6.07) is 0. The predicted octanol–water partition coefficient (Wildman–Crippen LogP) is -0.370. The van der Waals surface area contributed by atoms with Crippen molar-refractivity contribution >= 4 is 16.0 Å². The highest BCUT2D eigenvalue weighted by atomic mass is 32.2. The lowest BCUT2D eigenvalue weighted by Gasteiger charge is -2.14. The Morgan fingerprint density at radius 1 is 1.47 bits per heavy atom. The molecule has 2 unspecified atom stereocenters. The molecule has 0 amide bonds. The average molecular weight is 265 g/mol. The number of aliphatic hydroxyl groups is 1. The van der Waals surface area contributed by atoms with Gasteiger partial charge in [0.15, 0.2) is 0 Å². The van der Waals surface area contributed by atoms with Gasteiger partial charge in [-0.2, -0.15) is 0 Å². The van der Waals surface area contributed by atoms with Crippen molar-refractivity contribution in [3.8, 4) is 0 Å². The van der Waals surface area contributed by atoms with Crippen LogP contribution in [0.15, 0.2) is 0 Å². The molecule has 0 aromatic carbocycles. The molecule has 0 saturated heterocycles. The number of carbonyl (C=O) groups is 1. The minimum atomic E-state index is -3.46. The lowest BCUT2D eigenvalue weighted by Crippen LogP contribution is -2.34. The summed E-state index contributed by atoms with van der Waals surface area (Å²) >= 11 is 0. The zero-order chi connectivity index (χ0) is 12.9. The number of hydrogen-bond acceptors (Lipinski definition) is 5. The molecule has 2 atom stereocenters. The Morgan fingerprint density at radius 2 is 2.18 bits per heavy atom. The lowest BCUT2D eigenvalue weighted by atomic mass is 10.1. The molecular weight excluding hydrogens is 246 g/mol. The summed E-state index contributed by atoms with van der Waals surface area (Å²) in [5.74, 6) is -0.832. The standard InChI is InChI=1S/C10H19NO5S/c1-16-10(13)5-6-17(14,15)11-7-8-3-2-4-9(8)12/h8-9,11-12H,2-7H2,1H3. The van der Waals surface area contributed by atoms with E-state index in [1.54, 1.807) is 0 Å². The molecule has 0 aliphatic heterocycles. The van der Waals surface area contributed by atoms with Gasteiger partial charge in [-0.25, -0.2) is 13.1 Å². The van der Waals surface area contributed by atoms with Gasteiger partial charge < -0.3 is 9.84 Å². The highest BCUT2D eigenvalue weighted by Gasteiger charge is 2.26. The first-order valence-electron chi connectivity index (χ1n) is 5.67. The lowest BCUT2D eigenvalue weighted by molar-refractivity contribution is -0.140. The summed E-state index contributed by atoms with van der Waals surface area (Å²) < 4.78 is 29.8. The molecule has 1 aliphatic carbocycles. The number of rotatable bonds is 6. The smallest absolute Gasteiger partial charge is 0.306 e. The molecule has 1 rings (SSSR count). The molecule has 0 aromatic heterocycles. The first-order valence-corrected chi connectivity index (χ1v) is 7.32. The molecule has 0 radical (unpaired) electrons. The van der Waals surface area contributed by atoms with E-state index >= 15 is 0 Å². The van der Waals surface area contributed by atoms with Crippen molar-refractivity contribution in [3.05, 3.63) is 0 Å². The van der Waals surface area contributed by atoms with Crippen LogP contribution in [0.5, 0.6) is 0 Å². The fourth-order valence-corrected chi connectivity index (χ4v) is 2.93. The number of ether oxygens (including phenoxy) is 1. The number of nitrogens with one attached hydrogen (secondary N) is 1. The summed E-state index contributed by atoms with van der Waals surface area (Å²) in [7, 11) is -2.24. The van der Waals surface area contributed by atoms with Crippen molar-refractivity contribution in [1.29, 1.82) is 0 Å². The van der Waals surface area contributed by atoms with Gasteiger partial charge in [0.05, 0.1) is 25.4 Å². The maximum atomic E-state index is 11.5. The number of sulfonamides is 1. The molecule has 1 fully saturated rings. The largest absolute Gasteiger partial charge is 0.469 e. The van der Waals surface area contributed by atoms with Crippen molar-refractivity contribution in [2.24, 2.45) is 5.92 Å². The van der Waals surface area contributed by atoms with Gasteiger partial charge in [0, 0.05) is 6.54 Å². The van der Waals surface area contributed by atoms with E-state index in [0.29, 0.717) is 0 Å². The molecular formula is C10H19NO5S. The number of methoxy groups -OCH3 is 1. The van der Waals surface area contributed by atoms with E-state index in [1.807, 2.05) is 0 Å². The van der Waals surface area contributed by atoms with Gasteiger partial charge in [-0.05, 0) is 18.8 Å². The van der Waals surface area contributed by atoms with Crippen molar-refractivity contribution < 1.29 is 23.1 Å². The van der Waals surface area contributed by atoms with E-state index < -0.39 is 22.1 Å². The Bertz CT molecular complexity index is 354. The Morgan fingerprint density at radius 3 is 2.71 bits per heavy atom. The fraction of sp³-hybridized carbons (Fsp3) is 0.900. The molecule has 0 aromatic rings. The van der Waals surface area contributed by atoms with Gasteiger partial charge in [0.25, 0.3) is 0 Å². The topological polar surface area (TPSA) is 92.7 Å². The first kappa shape index (κ1) is 14.4. The Hall–Kier alpha value is -0.660. The average Bonchev–Trinajstić information content (AvgIpc) is 2.69. The van der Waals surface area contributed by atoms with E-state index in [-0.39, 0.29) is 24.6 Å². The Kier molecular flexibility index (Phi) is 5.35. The minimum absolute atomic E-state index is 0.0112.